The molecule has 0 saturated heterocycles. The first kappa shape index (κ1) is 10.6. The molecule has 9 N–H and O–H groups in total. The summed E-state index contributed by atoms with van der Waals surface area (Å²) < 4.78 is 10.8. The van der Waals surface area contributed by atoms with Crippen LogP contribution in [0.2, 0.25) is 0 Å². The summed E-state index contributed by atoms with van der Waals surface area (Å²) in [5.74, 6) is -0.331. The van der Waals surface area contributed by atoms with Crippen LogP contribution in [0.3, 0.4) is 0 Å². The quantitative estimate of drug-likeness (QED) is 0.233. The predicted octanol–water partition coefficient (Wildman–Crippen LogP) is 0.0276. The van der Waals surface area contributed by atoms with Crippen LogP contribution in [0.1, 0.15) is 0 Å². The number of hydrogen-bond acceptors (Lipinski definition) is 4. The number of nitrogens with two attached hydrogens (primary N) is 3. The minimum Gasteiger partial charge on any atom is -0.506 e. The van der Waals surface area contributed by atoms with Gasteiger partial charge in [0.15, 0.2) is 0 Å². The number of nitrogens with one attached hydrogen (secondary N) is 1. The highest BCUT2D eigenvalue weighted by atomic mass is 31.2. The molecule has 0 radical (unpaired) electrons. The summed E-state index contributed by atoms with van der Waals surface area (Å²) >= 11 is 0. The van der Waals surface area contributed by atoms with Crippen molar-refractivity contribution in [2.45, 2.75) is 0 Å². The number of nitrogen functional groups attached to an aromatic ring is 2. The van der Waals surface area contributed by atoms with E-state index in [-0.39, 0.29) is 22.8 Å². The lowest BCUT2D eigenvalue weighted by Gasteiger charge is -2.13. The van der Waals surface area contributed by atoms with Gasteiger partial charge in [0.1, 0.15) is 11.4 Å². The molecule has 0 aliphatic rings. The van der Waals surface area contributed by atoms with E-state index in [9.17, 15) is 9.67 Å². The summed E-state index contributed by atoms with van der Waals surface area (Å²) in [5.41, 5.74) is 15.8. The number of rotatable bonds is 2. The summed E-state index contributed by atoms with van der Waals surface area (Å²) in [5, 5.41) is 11.3. The van der Waals surface area contributed by atoms with E-state index >= 15 is 0 Å². The maximum absolute atomic E-state index is 10.8. The minimum atomic E-state index is -3.99. The fourth-order valence-corrected chi connectivity index (χ4v) is 1.52. The fourth-order valence-electron chi connectivity index (χ4n) is 0.953. The molecule has 0 amide bonds. The van der Waals surface area contributed by atoms with Crippen molar-refractivity contribution in [1.82, 2.24) is 0 Å². The lowest BCUT2D eigenvalue weighted by molar-refractivity contribution is 0.473. The minimum absolute atomic E-state index is 0.0437. The van der Waals surface area contributed by atoms with E-state index in [1.165, 1.54) is 12.1 Å². The second-order valence-corrected chi connectivity index (χ2v) is 4.21. The molecule has 0 aromatic heterocycles. The number of phenols is 1. The van der Waals surface area contributed by atoms with Crippen molar-refractivity contribution in [2.75, 3.05) is 16.6 Å². The second-order valence-electron chi connectivity index (χ2n) is 2.74. The Bertz CT molecular complexity index is 379. The molecule has 1 aromatic carbocycles. The SMILES string of the molecule is Nc1cc(N)c(NP(N)(=O)O)c(O)c1. The molecule has 0 spiro atoms. The standard InChI is InChI=1S/C6H11N4O3P/c7-3-1-4(8)6(5(11)2-3)10-14(9,12)13/h1-2,11H,7-8H2,(H4,9,10,12,13). The van der Waals surface area contributed by atoms with Crippen LogP contribution in [-0.2, 0) is 4.57 Å². The smallest absolute Gasteiger partial charge is 0.360 e. The van der Waals surface area contributed by atoms with Crippen LogP contribution in [-0.4, -0.2) is 10.00 Å². The highest BCUT2D eigenvalue weighted by molar-refractivity contribution is 7.57. The van der Waals surface area contributed by atoms with Crippen LogP contribution in [0.25, 0.3) is 0 Å². The lowest BCUT2D eigenvalue weighted by atomic mass is 10.2. The maximum atomic E-state index is 10.8. The van der Waals surface area contributed by atoms with Gasteiger partial charge in [-0.05, 0) is 6.07 Å². The summed E-state index contributed by atoms with van der Waals surface area (Å²) in [6.07, 6.45) is 0. The molecule has 0 heterocycles. The maximum Gasteiger partial charge on any atom is 0.360 e. The molecule has 7 nitrogen and oxygen atoms in total. The van der Waals surface area contributed by atoms with Crippen molar-refractivity contribution < 1.29 is 14.6 Å². The van der Waals surface area contributed by atoms with Gasteiger partial charge >= 0.3 is 7.67 Å². The molecule has 0 aliphatic carbocycles. The number of benzene rings is 1. The van der Waals surface area contributed by atoms with Gasteiger partial charge in [0.25, 0.3) is 0 Å². The van der Waals surface area contributed by atoms with E-state index in [0.717, 1.165) is 0 Å². The van der Waals surface area contributed by atoms with E-state index in [0.29, 0.717) is 0 Å². The van der Waals surface area contributed by atoms with Gasteiger partial charge < -0.3 is 21.5 Å². The topological polar surface area (TPSA) is 148 Å². The van der Waals surface area contributed by atoms with Gasteiger partial charge in [0.05, 0.1) is 5.69 Å². The van der Waals surface area contributed by atoms with Crippen LogP contribution in [0, 0.1) is 0 Å². The molecule has 1 rings (SSSR count). The summed E-state index contributed by atoms with van der Waals surface area (Å²) in [6, 6.07) is 2.52. The first-order chi connectivity index (χ1) is 6.29. The normalized spacial score (nSPS) is 14.7. The number of aromatic hydroxyl groups is 1. The van der Waals surface area contributed by atoms with Crippen LogP contribution in [0.5, 0.6) is 5.75 Å². The predicted molar refractivity (Wildman–Crippen MR) is 54.6 cm³/mol. The van der Waals surface area contributed by atoms with Crippen molar-refractivity contribution in [3.05, 3.63) is 12.1 Å². The third-order valence-corrected chi connectivity index (χ3v) is 1.99. The molecule has 8 heteroatoms. The third-order valence-electron chi connectivity index (χ3n) is 1.44. The van der Waals surface area contributed by atoms with E-state index in [4.69, 9.17) is 21.9 Å². The highest BCUT2D eigenvalue weighted by Crippen LogP contribution is 2.40. The van der Waals surface area contributed by atoms with Crippen molar-refractivity contribution >= 4 is 24.7 Å². The molecule has 0 bridgehead atoms. The van der Waals surface area contributed by atoms with Gasteiger partial charge in [-0.25, -0.2) is 10.1 Å². The van der Waals surface area contributed by atoms with Crippen molar-refractivity contribution in [3.8, 4) is 5.75 Å². The Morgan fingerprint density at radius 2 is 1.93 bits per heavy atom. The van der Waals surface area contributed by atoms with Crippen molar-refractivity contribution in [3.63, 3.8) is 0 Å². The third kappa shape index (κ3) is 2.53. The second kappa shape index (κ2) is 3.38. The van der Waals surface area contributed by atoms with Gasteiger partial charge in [-0.1, -0.05) is 0 Å². The molecular weight excluding hydrogens is 207 g/mol. The molecule has 78 valence electrons. The first-order valence-electron chi connectivity index (χ1n) is 3.57. The van der Waals surface area contributed by atoms with Crippen LogP contribution >= 0.6 is 7.67 Å². The van der Waals surface area contributed by atoms with E-state index in [1.807, 2.05) is 5.09 Å². The highest BCUT2D eigenvalue weighted by Gasteiger charge is 2.15. The Kier molecular flexibility index (Phi) is 2.57. The average Bonchev–Trinajstić information content (AvgIpc) is 1.95. The molecule has 1 atom stereocenters. The zero-order chi connectivity index (χ0) is 10.9. The Hall–Kier alpha value is -1.43. The van der Waals surface area contributed by atoms with Crippen LogP contribution in [0.15, 0.2) is 12.1 Å². The van der Waals surface area contributed by atoms with Crippen molar-refractivity contribution in [1.29, 1.82) is 0 Å². The molecule has 1 aromatic rings. The largest absolute Gasteiger partial charge is 0.506 e. The number of anilines is 3. The Morgan fingerprint density at radius 1 is 1.36 bits per heavy atom. The van der Waals surface area contributed by atoms with E-state index in [1.54, 1.807) is 0 Å². The van der Waals surface area contributed by atoms with Crippen LogP contribution < -0.4 is 22.1 Å². The van der Waals surface area contributed by atoms with Crippen molar-refractivity contribution in [2.24, 2.45) is 5.50 Å². The zero-order valence-corrected chi connectivity index (χ0v) is 8.03. The van der Waals surface area contributed by atoms with Gasteiger partial charge in [-0.15, -0.1) is 0 Å². The Balaban J connectivity index is 3.15. The summed E-state index contributed by atoms with van der Waals surface area (Å²) in [7, 11) is -3.99. The fraction of sp³-hybridized carbons (Fsp3) is 0. The van der Waals surface area contributed by atoms with Gasteiger partial charge in [-0.2, -0.15) is 0 Å². The molecule has 0 saturated carbocycles. The molecular formula is C6H11N4O3P. The molecule has 0 aliphatic heterocycles. The summed E-state index contributed by atoms with van der Waals surface area (Å²) in [6.45, 7) is 0. The average molecular weight is 218 g/mol. The molecule has 1 unspecified atom stereocenters. The number of phenolic OH excluding ortho intramolecular Hbond substituents is 1. The van der Waals surface area contributed by atoms with Gasteiger partial charge in [0.2, 0.25) is 0 Å². The Labute approximate surface area is 80.1 Å². The summed E-state index contributed by atoms with van der Waals surface area (Å²) in [4.78, 5) is 8.81. The zero-order valence-electron chi connectivity index (χ0n) is 7.14. The first-order valence-corrected chi connectivity index (χ1v) is 5.30. The monoisotopic (exact) mass is 218 g/mol. The Morgan fingerprint density at radius 3 is 2.36 bits per heavy atom. The lowest BCUT2D eigenvalue weighted by Crippen LogP contribution is -2.06. The van der Waals surface area contributed by atoms with E-state index < -0.39 is 7.67 Å². The molecule has 0 fully saturated rings. The van der Waals surface area contributed by atoms with Crippen LogP contribution in [0.4, 0.5) is 17.1 Å². The van der Waals surface area contributed by atoms with E-state index in [2.05, 4.69) is 0 Å². The number of hydrogen-bond donors (Lipinski definition) is 6. The van der Waals surface area contributed by atoms with Gasteiger partial charge in [0, 0.05) is 11.8 Å². The van der Waals surface area contributed by atoms with Gasteiger partial charge in [-0.3, -0.25) is 5.09 Å². The molecule has 14 heavy (non-hydrogen) atoms.